The molecule has 3 heterocycles. The van der Waals surface area contributed by atoms with E-state index in [4.69, 9.17) is 13.3 Å². The first-order valence-electron chi connectivity index (χ1n) is 6.16. The second-order valence-electron chi connectivity index (χ2n) is 4.51. The summed E-state index contributed by atoms with van der Waals surface area (Å²) in [6.45, 7) is 2.49. The summed E-state index contributed by atoms with van der Waals surface area (Å²) in [6, 6.07) is 5.77. The maximum absolute atomic E-state index is 13.0. The minimum absolute atomic E-state index is 0.253. The average molecular weight is 283 g/mol. The van der Waals surface area contributed by atoms with E-state index in [-0.39, 0.29) is 18.3 Å². The summed E-state index contributed by atoms with van der Waals surface area (Å²) >= 11 is 0. The molecule has 5 nitrogen and oxygen atoms in total. The molecule has 0 unspecified atom stereocenters. The van der Waals surface area contributed by atoms with Crippen molar-refractivity contribution in [1.82, 2.24) is 4.90 Å². The van der Waals surface area contributed by atoms with Gasteiger partial charge in [0.25, 0.3) is 0 Å². The van der Waals surface area contributed by atoms with Crippen molar-refractivity contribution in [3.8, 4) is 0 Å². The first-order chi connectivity index (χ1) is 9.18. The van der Waals surface area contributed by atoms with E-state index in [9.17, 15) is 9.18 Å². The van der Waals surface area contributed by atoms with Crippen molar-refractivity contribution in [1.29, 1.82) is 0 Å². The number of halogens is 1. The van der Waals surface area contributed by atoms with E-state index in [0.717, 1.165) is 0 Å². The van der Waals surface area contributed by atoms with Crippen LogP contribution in [0.1, 0.15) is 0 Å². The molecule has 102 valence electrons. The van der Waals surface area contributed by atoms with Crippen molar-refractivity contribution in [2.45, 2.75) is 0 Å². The van der Waals surface area contributed by atoms with Gasteiger partial charge in [0.05, 0.1) is 19.8 Å². The summed E-state index contributed by atoms with van der Waals surface area (Å²) in [6.07, 6.45) is 0. The highest BCUT2D eigenvalue weighted by atomic mass is 28.4. The predicted molar refractivity (Wildman–Crippen MR) is 66.2 cm³/mol. The number of hydrogen-bond acceptors (Lipinski definition) is 5. The maximum Gasteiger partial charge on any atom is 0.604 e. The fourth-order valence-corrected chi connectivity index (χ4v) is 4.54. The Morgan fingerprint density at radius 2 is 1.74 bits per heavy atom. The van der Waals surface area contributed by atoms with Crippen LogP contribution >= 0.6 is 0 Å². The summed E-state index contributed by atoms with van der Waals surface area (Å²) in [5.74, 6) is -0.696. The van der Waals surface area contributed by atoms with Gasteiger partial charge in [0.15, 0.2) is 0 Å². The first kappa shape index (κ1) is 12.7. The Morgan fingerprint density at radius 3 is 2.37 bits per heavy atom. The number of fused-ring (bicyclic) bond motifs is 6. The third-order valence-corrected chi connectivity index (χ3v) is 5.90. The molecule has 7 heteroatoms. The third kappa shape index (κ3) is 2.55. The van der Waals surface area contributed by atoms with Crippen LogP contribution in [0, 0.1) is 5.82 Å². The van der Waals surface area contributed by atoms with Crippen LogP contribution in [0.25, 0.3) is 0 Å². The van der Waals surface area contributed by atoms with Crippen molar-refractivity contribution >= 4 is 20.0 Å². The van der Waals surface area contributed by atoms with Gasteiger partial charge >= 0.3 is 14.8 Å². The molecule has 0 atom stereocenters. The van der Waals surface area contributed by atoms with Crippen molar-refractivity contribution in [3.63, 3.8) is 0 Å². The molecule has 0 N–H and O–H groups in total. The molecule has 19 heavy (non-hydrogen) atoms. The minimum Gasteiger partial charge on any atom is -0.469 e. The van der Waals surface area contributed by atoms with Gasteiger partial charge in [-0.05, 0) is 12.1 Å². The highest BCUT2D eigenvalue weighted by Gasteiger charge is 2.50. The fraction of sp³-hybridized carbons (Fsp3) is 0.417. The van der Waals surface area contributed by atoms with Crippen LogP contribution in [-0.2, 0) is 18.1 Å². The lowest BCUT2D eigenvalue weighted by atomic mass is 10.3. The lowest BCUT2D eigenvalue weighted by molar-refractivity contribution is -0.144. The molecule has 0 aliphatic carbocycles. The molecular formula is C12H14FNO4Si. The van der Waals surface area contributed by atoms with E-state index in [0.29, 0.717) is 31.5 Å². The molecule has 1 aromatic rings. The zero-order valence-electron chi connectivity index (χ0n) is 10.3. The number of hydrogen-bond donors (Lipinski definition) is 0. The summed E-state index contributed by atoms with van der Waals surface area (Å²) < 4.78 is 30.0. The second-order valence-corrected chi connectivity index (χ2v) is 6.98. The Morgan fingerprint density at radius 1 is 1.11 bits per heavy atom. The van der Waals surface area contributed by atoms with Crippen LogP contribution in [0.15, 0.2) is 24.3 Å². The largest absolute Gasteiger partial charge is 0.604 e. The zero-order valence-corrected chi connectivity index (χ0v) is 11.3. The Bertz CT molecular complexity index is 471. The van der Waals surface area contributed by atoms with E-state index in [2.05, 4.69) is 0 Å². The second kappa shape index (κ2) is 5.01. The molecule has 0 amide bonds. The van der Waals surface area contributed by atoms with Crippen molar-refractivity contribution in [2.75, 3.05) is 32.8 Å². The molecule has 0 aromatic heterocycles. The number of benzene rings is 1. The van der Waals surface area contributed by atoms with Gasteiger partial charge in [-0.3, -0.25) is 9.69 Å². The van der Waals surface area contributed by atoms with Crippen molar-refractivity contribution in [2.24, 2.45) is 0 Å². The van der Waals surface area contributed by atoms with Gasteiger partial charge in [-0.2, -0.15) is 0 Å². The molecule has 1 aromatic carbocycles. The number of rotatable bonds is 1. The third-order valence-electron chi connectivity index (χ3n) is 3.20. The molecule has 3 saturated heterocycles. The highest BCUT2D eigenvalue weighted by molar-refractivity contribution is 6.76. The number of nitrogens with zero attached hydrogens (tertiary/aromatic N) is 1. The zero-order chi connectivity index (χ0) is 13.3. The quantitative estimate of drug-likeness (QED) is 0.672. The van der Waals surface area contributed by atoms with Gasteiger partial charge in [0.2, 0.25) is 0 Å². The molecule has 0 saturated carbocycles. The van der Waals surface area contributed by atoms with Crippen LogP contribution in [0.5, 0.6) is 0 Å². The summed E-state index contributed by atoms with van der Waals surface area (Å²) in [5.41, 5.74) is 0. The maximum atomic E-state index is 13.0. The molecule has 3 aliphatic rings. The highest BCUT2D eigenvalue weighted by Crippen LogP contribution is 2.17. The van der Waals surface area contributed by atoms with Gasteiger partial charge < -0.3 is 13.3 Å². The molecule has 2 bridgehead atoms. The molecule has 4 rings (SSSR count). The number of carbonyl (C=O) groups excluding carboxylic acids is 1. The van der Waals surface area contributed by atoms with Crippen LogP contribution in [0.3, 0.4) is 0 Å². The molecule has 3 aliphatic heterocycles. The predicted octanol–water partition coefficient (Wildman–Crippen LogP) is -0.123. The Balaban J connectivity index is 1.97. The average Bonchev–Trinajstić information content (AvgIpc) is 2.32. The van der Waals surface area contributed by atoms with E-state index in [1.165, 1.54) is 12.1 Å². The number of carbonyl (C=O) groups is 1. The van der Waals surface area contributed by atoms with E-state index in [1.54, 1.807) is 12.1 Å². The SMILES string of the molecule is O=C1CN2CCO[Si](c3ccc(F)cc3)(OCC2)O1. The van der Waals surface area contributed by atoms with Crippen LogP contribution in [-0.4, -0.2) is 52.5 Å². The lowest BCUT2D eigenvalue weighted by Gasteiger charge is -2.37. The van der Waals surface area contributed by atoms with Gasteiger partial charge in [-0.1, -0.05) is 12.1 Å². The molecular weight excluding hydrogens is 269 g/mol. The van der Waals surface area contributed by atoms with Gasteiger partial charge in [-0.25, -0.2) is 4.39 Å². The van der Waals surface area contributed by atoms with Crippen molar-refractivity contribution in [3.05, 3.63) is 30.1 Å². The van der Waals surface area contributed by atoms with E-state index in [1.807, 2.05) is 4.90 Å². The lowest BCUT2D eigenvalue weighted by Crippen LogP contribution is -2.63. The summed E-state index contributed by atoms with van der Waals surface area (Å²) in [7, 11) is -3.23. The Kier molecular flexibility index (Phi) is 3.36. The Hall–Kier alpha value is -1.28. The smallest absolute Gasteiger partial charge is 0.469 e. The standard InChI is InChI=1S/C12H14FNO4Si/c13-10-1-3-11(4-2-10)19-16-7-5-14(6-8-17-19)9-12(15)18-19/h1-4H,5-9H2. The minimum atomic E-state index is -3.23. The van der Waals surface area contributed by atoms with Crippen LogP contribution in [0.2, 0.25) is 0 Å². The van der Waals surface area contributed by atoms with E-state index >= 15 is 0 Å². The van der Waals surface area contributed by atoms with Gasteiger partial charge in [0, 0.05) is 18.3 Å². The Labute approximate surface area is 111 Å². The summed E-state index contributed by atoms with van der Waals surface area (Å²) in [4.78, 5) is 13.8. The topological polar surface area (TPSA) is 48.0 Å². The van der Waals surface area contributed by atoms with Gasteiger partial charge in [-0.15, -0.1) is 0 Å². The summed E-state index contributed by atoms with van der Waals surface area (Å²) in [5, 5.41) is 0.623. The first-order valence-corrected chi connectivity index (χ1v) is 7.89. The normalized spacial score (nSPS) is 31.2. The molecule has 3 fully saturated rings. The van der Waals surface area contributed by atoms with Gasteiger partial charge in [0.1, 0.15) is 5.82 Å². The monoisotopic (exact) mass is 283 g/mol. The van der Waals surface area contributed by atoms with Crippen LogP contribution < -0.4 is 5.19 Å². The van der Waals surface area contributed by atoms with Crippen molar-refractivity contribution < 1.29 is 22.5 Å². The van der Waals surface area contributed by atoms with Crippen LogP contribution in [0.4, 0.5) is 4.39 Å². The van der Waals surface area contributed by atoms with E-state index < -0.39 is 8.80 Å². The fourth-order valence-electron chi connectivity index (χ4n) is 2.23. The molecule has 0 spiro atoms. The molecule has 0 radical (unpaired) electrons.